The fourth-order valence-corrected chi connectivity index (χ4v) is 2.46. The van der Waals surface area contributed by atoms with Gasteiger partial charge in [-0.15, -0.1) is 0 Å². The van der Waals surface area contributed by atoms with E-state index in [1.807, 2.05) is 31.2 Å². The van der Waals surface area contributed by atoms with Gasteiger partial charge >= 0.3 is 0 Å². The van der Waals surface area contributed by atoms with Crippen molar-refractivity contribution in [2.24, 2.45) is 0 Å². The standard InChI is InChI=1S/C13H17NO2S/c1-10-2-4-12(5-3-10)17-13(15)14-11-6-8-16-9-7-11/h2-5,11H,6-9H2,1H3,(H,14,15). The van der Waals surface area contributed by atoms with Gasteiger partial charge in [0, 0.05) is 24.2 Å². The summed E-state index contributed by atoms with van der Waals surface area (Å²) >= 11 is 1.26. The van der Waals surface area contributed by atoms with Gasteiger partial charge in [0.25, 0.3) is 5.24 Å². The number of nitrogens with one attached hydrogen (secondary N) is 1. The maximum absolute atomic E-state index is 11.8. The molecular weight excluding hydrogens is 234 g/mol. The predicted octanol–water partition coefficient (Wildman–Crippen LogP) is 2.98. The molecule has 1 saturated heterocycles. The summed E-state index contributed by atoms with van der Waals surface area (Å²) in [6.45, 7) is 3.54. The molecule has 0 bridgehead atoms. The molecule has 0 atom stereocenters. The fraction of sp³-hybridized carbons (Fsp3) is 0.462. The van der Waals surface area contributed by atoms with E-state index in [1.165, 1.54) is 17.3 Å². The van der Waals surface area contributed by atoms with Gasteiger partial charge in [0.05, 0.1) is 0 Å². The molecule has 2 rings (SSSR count). The molecule has 1 aliphatic heterocycles. The quantitative estimate of drug-likeness (QED) is 0.821. The summed E-state index contributed by atoms with van der Waals surface area (Å²) in [5, 5.41) is 3.05. The second kappa shape index (κ2) is 6.07. The second-order valence-corrected chi connectivity index (χ2v) is 5.28. The van der Waals surface area contributed by atoms with Gasteiger partial charge in [-0.2, -0.15) is 0 Å². The van der Waals surface area contributed by atoms with Crippen molar-refractivity contribution in [1.82, 2.24) is 5.32 Å². The monoisotopic (exact) mass is 251 g/mol. The van der Waals surface area contributed by atoms with Gasteiger partial charge in [-0.05, 0) is 43.7 Å². The zero-order valence-corrected chi connectivity index (χ0v) is 10.8. The minimum absolute atomic E-state index is 0.0285. The number of ether oxygens (including phenoxy) is 1. The van der Waals surface area contributed by atoms with E-state index in [1.54, 1.807) is 0 Å². The third-order valence-corrected chi connectivity index (χ3v) is 3.59. The molecule has 1 amide bonds. The molecule has 1 aromatic carbocycles. The fourth-order valence-electron chi connectivity index (χ4n) is 1.75. The minimum atomic E-state index is 0.0285. The molecule has 0 aliphatic carbocycles. The normalized spacial score (nSPS) is 16.8. The molecule has 3 nitrogen and oxygen atoms in total. The lowest BCUT2D eigenvalue weighted by molar-refractivity contribution is 0.0811. The van der Waals surface area contributed by atoms with Crippen LogP contribution in [0.25, 0.3) is 0 Å². The number of rotatable bonds is 2. The van der Waals surface area contributed by atoms with Crippen LogP contribution in [0.4, 0.5) is 4.79 Å². The van der Waals surface area contributed by atoms with Crippen molar-refractivity contribution in [1.29, 1.82) is 0 Å². The number of amides is 1. The van der Waals surface area contributed by atoms with E-state index in [9.17, 15) is 4.79 Å². The molecule has 1 heterocycles. The van der Waals surface area contributed by atoms with Crippen LogP contribution in [0.1, 0.15) is 18.4 Å². The van der Waals surface area contributed by atoms with Gasteiger partial charge in [-0.3, -0.25) is 4.79 Å². The molecule has 0 radical (unpaired) electrons. The van der Waals surface area contributed by atoms with Crippen molar-refractivity contribution in [2.45, 2.75) is 30.7 Å². The molecule has 0 aromatic heterocycles. The van der Waals surface area contributed by atoms with Crippen molar-refractivity contribution in [3.63, 3.8) is 0 Å². The van der Waals surface area contributed by atoms with E-state index < -0.39 is 0 Å². The third-order valence-electron chi connectivity index (χ3n) is 2.77. The van der Waals surface area contributed by atoms with Crippen LogP contribution in [-0.2, 0) is 4.74 Å². The first-order chi connectivity index (χ1) is 8.24. The van der Waals surface area contributed by atoms with Crippen molar-refractivity contribution in [2.75, 3.05) is 13.2 Å². The molecule has 1 fully saturated rings. The average molecular weight is 251 g/mol. The molecule has 17 heavy (non-hydrogen) atoms. The smallest absolute Gasteiger partial charge is 0.284 e. The number of hydrogen-bond acceptors (Lipinski definition) is 3. The average Bonchev–Trinajstić information content (AvgIpc) is 2.33. The molecule has 4 heteroatoms. The largest absolute Gasteiger partial charge is 0.381 e. The summed E-state index contributed by atoms with van der Waals surface area (Å²) in [7, 11) is 0. The summed E-state index contributed by atoms with van der Waals surface area (Å²) in [4.78, 5) is 12.8. The van der Waals surface area contributed by atoms with Gasteiger partial charge < -0.3 is 10.1 Å². The summed E-state index contributed by atoms with van der Waals surface area (Å²) in [5.41, 5.74) is 1.21. The van der Waals surface area contributed by atoms with Crippen LogP contribution in [0, 0.1) is 6.92 Å². The van der Waals surface area contributed by atoms with Crippen LogP contribution in [0.5, 0.6) is 0 Å². The molecular formula is C13H17NO2S. The van der Waals surface area contributed by atoms with Gasteiger partial charge in [0.15, 0.2) is 0 Å². The lowest BCUT2D eigenvalue weighted by Crippen LogP contribution is -2.36. The van der Waals surface area contributed by atoms with E-state index in [0.29, 0.717) is 0 Å². The van der Waals surface area contributed by atoms with Crippen LogP contribution < -0.4 is 5.32 Å². The topological polar surface area (TPSA) is 38.3 Å². The highest BCUT2D eigenvalue weighted by Crippen LogP contribution is 2.20. The lowest BCUT2D eigenvalue weighted by atomic mass is 10.1. The number of carbonyl (C=O) groups is 1. The highest BCUT2D eigenvalue weighted by molar-refractivity contribution is 8.13. The molecule has 1 N–H and O–H groups in total. The number of hydrogen-bond donors (Lipinski definition) is 1. The highest BCUT2D eigenvalue weighted by atomic mass is 32.2. The Morgan fingerprint density at radius 2 is 1.94 bits per heavy atom. The summed E-state index contributed by atoms with van der Waals surface area (Å²) in [6, 6.07) is 8.26. The van der Waals surface area contributed by atoms with Crippen LogP contribution in [0.2, 0.25) is 0 Å². The van der Waals surface area contributed by atoms with Crippen molar-refractivity contribution >= 4 is 17.0 Å². The first-order valence-electron chi connectivity index (χ1n) is 5.87. The van der Waals surface area contributed by atoms with Crippen LogP contribution >= 0.6 is 11.8 Å². The maximum Gasteiger partial charge on any atom is 0.284 e. The Bertz CT molecular complexity index is 372. The van der Waals surface area contributed by atoms with E-state index in [2.05, 4.69) is 5.32 Å². The highest BCUT2D eigenvalue weighted by Gasteiger charge is 2.16. The number of aryl methyl sites for hydroxylation is 1. The molecule has 92 valence electrons. The van der Waals surface area contributed by atoms with Crippen LogP contribution in [0.15, 0.2) is 29.2 Å². The van der Waals surface area contributed by atoms with E-state index >= 15 is 0 Å². The first kappa shape index (κ1) is 12.5. The third kappa shape index (κ3) is 4.06. The van der Waals surface area contributed by atoms with Gasteiger partial charge in [0.2, 0.25) is 0 Å². The molecule has 0 saturated carbocycles. The summed E-state index contributed by atoms with van der Waals surface area (Å²) in [5.74, 6) is 0. The number of carbonyl (C=O) groups excluding carboxylic acids is 1. The van der Waals surface area contributed by atoms with Crippen molar-refractivity contribution in [3.8, 4) is 0 Å². The van der Waals surface area contributed by atoms with Gasteiger partial charge in [-0.25, -0.2) is 0 Å². The Morgan fingerprint density at radius 3 is 2.59 bits per heavy atom. The molecule has 0 unspecified atom stereocenters. The Labute approximate surface area is 106 Å². The van der Waals surface area contributed by atoms with Gasteiger partial charge in [-0.1, -0.05) is 17.7 Å². The van der Waals surface area contributed by atoms with Crippen LogP contribution in [0.3, 0.4) is 0 Å². The maximum atomic E-state index is 11.8. The molecule has 1 aliphatic rings. The Hall–Kier alpha value is -1.00. The molecule has 0 spiro atoms. The Balaban J connectivity index is 1.82. The van der Waals surface area contributed by atoms with E-state index in [-0.39, 0.29) is 11.3 Å². The lowest BCUT2D eigenvalue weighted by Gasteiger charge is -2.22. The Morgan fingerprint density at radius 1 is 1.29 bits per heavy atom. The predicted molar refractivity (Wildman–Crippen MR) is 69.4 cm³/mol. The number of thioether (sulfide) groups is 1. The van der Waals surface area contributed by atoms with Crippen LogP contribution in [-0.4, -0.2) is 24.5 Å². The first-order valence-corrected chi connectivity index (χ1v) is 6.68. The molecule has 1 aromatic rings. The minimum Gasteiger partial charge on any atom is -0.381 e. The second-order valence-electron chi connectivity index (χ2n) is 4.23. The van der Waals surface area contributed by atoms with Gasteiger partial charge in [0.1, 0.15) is 0 Å². The number of benzene rings is 1. The summed E-state index contributed by atoms with van der Waals surface area (Å²) in [6.07, 6.45) is 1.83. The van der Waals surface area contributed by atoms with Crippen molar-refractivity contribution < 1.29 is 9.53 Å². The zero-order chi connectivity index (χ0) is 12.1. The van der Waals surface area contributed by atoms with E-state index in [0.717, 1.165) is 31.0 Å². The SMILES string of the molecule is Cc1ccc(SC(=O)NC2CCOCC2)cc1. The summed E-state index contributed by atoms with van der Waals surface area (Å²) < 4.78 is 5.25. The Kier molecular flexibility index (Phi) is 4.45. The van der Waals surface area contributed by atoms with E-state index in [4.69, 9.17) is 4.74 Å². The zero-order valence-electron chi connectivity index (χ0n) is 9.94. The van der Waals surface area contributed by atoms with Crippen molar-refractivity contribution in [3.05, 3.63) is 29.8 Å².